The number of carbonyl (C=O) groups excluding carboxylic acids is 1. The molecule has 6 nitrogen and oxygen atoms in total. The Morgan fingerprint density at radius 1 is 1.20 bits per heavy atom. The van der Waals surface area contributed by atoms with Crippen molar-refractivity contribution in [2.45, 2.75) is 6.42 Å². The molecule has 0 aliphatic heterocycles. The molecule has 9 heteroatoms. The summed E-state index contributed by atoms with van der Waals surface area (Å²) in [4.78, 5) is 20.8. The second-order valence-electron chi connectivity index (χ2n) is 6.30. The third-order valence-electron chi connectivity index (χ3n) is 4.25. The van der Waals surface area contributed by atoms with E-state index in [1.807, 2.05) is 24.3 Å². The van der Waals surface area contributed by atoms with Crippen LogP contribution in [0, 0.1) is 5.82 Å². The average Bonchev–Trinajstić information content (AvgIpc) is 3.14. The second kappa shape index (κ2) is 8.73. The number of anilines is 1. The maximum absolute atomic E-state index is 13.2. The van der Waals surface area contributed by atoms with Crippen molar-refractivity contribution in [1.82, 2.24) is 15.1 Å². The molecule has 0 radical (unpaired) electrons. The van der Waals surface area contributed by atoms with Gasteiger partial charge in [-0.3, -0.25) is 10.1 Å². The van der Waals surface area contributed by atoms with Gasteiger partial charge in [0.25, 0.3) is 0 Å². The molecule has 1 N–H and O–H groups in total. The molecule has 2 aromatic heterocycles. The van der Waals surface area contributed by atoms with Crippen LogP contribution >= 0.6 is 27.5 Å². The number of aromatic nitrogens is 3. The van der Waals surface area contributed by atoms with Gasteiger partial charge in [0.1, 0.15) is 17.8 Å². The number of carbonyl (C=O) groups is 1. The molecule has 0 bridgehead atoms. The predicted octanol–water partition coefficient (Wildman–Crippen LogP) is 5.53. The van der Waals surface area contributed by atoms with Crippen molar-refractivity contribution in [1.29, 1.82) is 0 Å². The van der Waals surface area contributed by atoms with E-state index in [1.54, 1.807) is 12.3 Å². The van der Waals surface area contributed by atoms with Crippen LogP contribution in [0.15, 0.2) is 70.1 Å². The Bertz CT molecular complexity index is 1220. The molecule has 4 aromatic rings. The Kier molecular flexibility index (Phi) is 5.87. The highest BCUT2D eigenvalue weighted by molar-refractivity contribution is 9.10. The van der Waals surface area contributed by atoms with E-state index in [0.717, 1.165) is 16.1 Å². The van der Waals surface area contributed by atoms with Gasteiger partial charge in [0, 0.05) is 21.3 Å². The third kappa shape index (κ3) is 4.39. The minimum absolute atomic E-state index is 0.0603. The number of amides is 1. The van der Waals surface area contributed by atoms with Crippen molar-refractivity contribution in [3.05, 3.63) is 81.9 Å². The van der Waals surface area contributed by atoms with Gasteiger partial charge >= 0.3 is 0 Å². The molecule has 0 saturated carbocycles. The Labute approximate surface area is 184 Å². The van der Waals surface area contributed by atoms with E-state index in [4.69, 9.17) is 16.1 Å². The fraction of sp³-hybridized carbons (Fsp3) is 0.0476. The minimum Gasteiger partial charge on any atom is -0.337 e. The van der Waals surface area contributed by atoms with Crippen LogP contribution in [0.5, 0.6) is 0 Å². The van der Waals surface area contributed by atoms with Gasteiger partial charge in [-0.1, -0.05) is 50.9 Å². The zero-order valence-electron chi connectivity index (χ0n) is 15.3. The normalized spacial score (nSPS) is 10.8. The Hall–Kier alpha value is -3.10. The summed E-state index contributed by atoms with van der Waals surface area (Å²) in [6.07, 6.45) is 2.93. The van der Waals surface area contributed by atoms with Crippen molar-refractivity contribution in [3.63, 3.8) is 0 Å². The zero-order chi connectivity index (χ0) is 21.1. The molecule has 0 fully saturated rings. The van der Waals surface area contributed by atoms with Crippen molar-refractivity contribution in [2.24, 2.45) is 0 Å². The highest BCUT2D eigenvalue weighted by atomic mass is 79.9. The fourth-order valence-corrected chi connectivity index (χ4v) is 3.53. The van der Waals surface area contributed by atoms with Crippen molar-refractivity contribution in [3.8, 4) is 22.5 Å². The number of rotatable bonds is 5. The first-order valence-corrected chi connectivity index (χ1v) is 9.94. The summed E-state index contributed by atoms with van der Waals surface area (Å²) in [5, 5.41) is 7.03. The number of nitrogens with one attached hydrogen (secondary N) is 1. The maximum Gasteiger partial charge on any atom is 0.241 e. The van der Waals surface area contributed by atoms with Crippen LogP contribution in [-0.4, -0.2) is 21.0 Å². The Balaban J connectivity index is 1.69. The largest absolute Gasteiger partial charge is 0.337 e. The molecule has 0 aliphatic carbocycles. The minimum atomic E-state index is -0.468. The zero-order valence-corrected chi connectivity index (χ0v) is 17.6. The van der Waals surface area contributed by atoms with E-state index >= 15 is 0 Å². The highest BCUT2D eigenvalue weighted by Gasteiger charge is 2.22. The van der Waals surface area contributed by atoms with Crippen molar-refractivity contribution < 1.29 is 13.7 Å². The standard InChI is InChI=1S/C21H13BrClFN4O2/c22-14-3-1-2-13(8-14)20-19(17-6-7-25-11-26-17)21(30-28-20)27-18(29)9-12-4-5-15(24)10-16(12)23/h1-8,10-11H,9H2,(H,27,29). The summed E-state index contributed by atoms with van der Waals surface area (Å²) in [5.74, 6) is -0.716. The molecule has 0 atom stereocenters. The van der Waals surface area contributed by atoms with E-state index in [-0.39, 0.29) is 17.3 Å². The molecule has 0 aliphatic rings. The van der Waals surface area contributed by atoms with Crippen LogP contribution in [0.25, 0.3) is 22.5 Å². The van der Waals surface area contributed by atoms with Gasteiger partial charge in [0.2, 0.25) is 11.8 Å². The molecule has 30 heavy (non-hydrogen) atoms. The summed E-state index contributed by atoms with van der Waals surface area (Å²) in [6.45, 7) is 0. The third-order valence-corrected chi connectivity index (χ3v) is 5.09. The lowest BCUT2D eigenvalue weighted by molar-refractivity contribution is -0.115. The SMILES string of the molecule is O=C(Cc1ccc(F)cc1Cl)Nc1onc(-c2cccc(Br)c2)c1-c1ccncn1. The van der Waals surface area contributed by atoms with E-state index in [1.165, 1.54) is 18.5 Å². The molecular formula is C21H13BrClFN4O2. The van der Waals surface area contributed by atoms with Crippen LogP contribution < -0.4 is 5.32 Å². The summed E-state index contributed by atoms with van der Waals surface area (Å²) < 4.78 is 19.6. The summed E-state index contributed by atoms with van der Waals surface area (Å²) >= 11 is 9.47. The number of hydrogen-bond donors (Lipinski definition) is 1. The van der Waals surface area contributed by atoms with E-state index < -0.39 is 11.7 Å². The van der Waals surface area contributed by atoms with Gasteiger partial charge in [-0.25, -0.2) is 14.4 Å². The van der Waals surface area contributed by atoms with Gasteiger partial charge < -0.3 is 4.52 Å². The molecule has 1 amide bonds. The lowest BCUT2D eigenvalue weighted by Crippen LogP contribution is -2.15. The van der Waals surface area contributed by atoms with Crippen LogP contribution in [0.4, 0.5) is 10.3 Å². The second-order valence-corrected chi connectivity index (χ2v) is 7.62. The first-order chi connectivity index (χ1) is 14.5. The molecule has 150 valence electrons. The lowest BCUT2D eigenvalue weighted by Gasteiger charge is -2.07. The van der Waals surface area contributed by atoms with Gasteiger partial charge in [-0.2, -0.15) is 0 Å². The van der Waals surface area contributed by atoms with E-state index in [0.29, 0.717) is 22.5 Å². The summed E-state index contributed by atoms with van der Waals surface area (Å²) in [7, 11) is 0. The Morgan fingerprint density at radius 3 is 2.80 bits per heavy atom. The van der Waals surface area contributed by atoms with E-state index in [9.17, 15) is 9.18 Å². The smallest absolute Gasteiger partial charge is 0.241 e. The van der Waals surface area contributed by atoms with Gasteiger partial charge in [-0.05, 0) is 35.9 Å². The molecule has 0 spiro atoms. The first kappa shape index (κ1) is 20.2. The number of halogens is 3. The number of nitrogens with zero attached hydrogens (tertiary/aromatic N) is 3. The lowest BCUT2D eigenvalue weighted by atomic mass is 10.0. The summed E-state index contributed by atoms with van der Waals surface area (Å²) in [5.41, 5.74) is 2.85. The molecule has 0 saturated heterocycles. The molecule has 4 rings (SSSR count). The number of hydrogen-bond acceptors (Lipinski definition) is 5. The van der Waals surface area contributed by atoms with Crippen LogP contribution in [0.3, 0.4) is 0 Å². The highest BCUT2D eigenvalue weighted by Crippen LogP contribution is 2.37. The monoisotopic (exact) mass is 486 g/mol. The van der Waals surface area contributed by atoms with Crippen LogP contribution in [0.2, 0.25) is 5.02 Å². The number of benzene rings is 2. The summed E-state index contributed by atoms with van der Waals surface area (Å²) in [6, 6.07) is 13.1. The predicted molar refractivity (Wildman–Crippen MR) is 114 cm³/mol. The van der Waals surface area contributed by atoms with E-state index in [2.05, 4.69) is 36.4 Å². The molecule has 0 unspecified atom stereocenters. The van der Waals surface area contributed by atoms with Crippen molar-refractivity contribution >= 4 is 39.3 Å². The van der Waals surface area contributed by atoms with Gasteiger partial charge in [0.05, 0.1) is 17.7 Å². The molecule has 2 heterocycles. The Morgan fingerprint density at radius 2 is 2.07 bits per heavy atom. The quantitative estimate of drug-likeness (QED) is 0.400. The van der Waals surface area contributed by atoms with Crippen molar-refractivity contribution in [2.75, 3.05) is 5.32 Å². The maximum atomic E-state index is 13.2. The fourth-order valence-electron chi connectivity index (χ4n) is 2.89. The molecule has 2 aromatic carbocycles. The van der Waals surface area contributed by atoms with Crippen LogP contribution in [-0.2, 0) is 11.2 Å². The van der Waals surface area contributed by atoms with Crippen LogP contribution in [0.1, 0.15) is 5.56 Å². The van der Waals surface area contributed by atoms with Gasteiger partial charge in [-0.15, -0.1) is 0 Å². The first-order valence-electron chi connectivity index (χ1n) is 8.77. The topological polar surface area (TPSA) is 80.9 Å². The molecular weight excluding hydrogens is 475 g/mol. The average molecular weight is 488 g/mol. The van der Waals surface area contributed by atoms with Gasteiger partial charge in [0.15, 0.2) is 0 Å².